The molecule has 1 saturated carbocycles. The number of carbonyl (C=O) groups excluding carboxylic acids is 2. The average molecular weight is 486 g/mol. The van der Waals surface area contributed by atoms with Gasteiger partial charge in [0.2, 0.25) is 5.91 Å². The number of anilines is 1. The van der Waals surface area contributed by atoms with E-state index in [1.807, 2.05) is 37.3 Å². The zero-order valence-corrected chi connectivity index (χ0v) is 20.5. The van der Waals surface area contributed by atoms with E-state index in [2.05, 4.69) is 28.0 Å². The number of furan rings is 1. The van der Waals surface area contributed by atoms with Crippen molar-refractivity contribution in [2.45, 2.75) is 58.5 Å². The summed E-state index contributed by atoms with van der Waals surface area (Å²) in [6, 6.07) is 17.0. The largest absolute Gasteiger partial charge is 0.486 e. The molecular weight excluding hydrogens is 454 g/mol. The van der Waals surface area contributed by atoms with Crippen LogP contribution in [0, 0.1) is 5.92 Å². The van der Waals surface area contributed by atoms with Crippen LogP contribution < -0.4 is 15.5 Å². The van der Waals surface area contributed by atoms with E-state index < -0.39 is 5.91 Å². The van der Waals surface area contributed by atoms with Crippen molar-refractivity contribution in [2.24, 2.45) is 11.0 Å². The second kappa shape index (κ2) is 10.8. The molecule has 5 rings (SSSR count). The molecule has 0 aliphatic heterocycles. The molecule has 7 heteroatoms. The Kier molecular flexibility index (Phi) is 7.16. The van der Waals surface area contributed by atoms with Crippen LogP contribution in [0.5, 0.6) is 5.75 Å². The first-order valence-electron chi connectivity index (χ1n) is 12.6. The van der Waals surface area contributed by atoms with Crippen LogP contribution in [0.1, 0.15) is 72.0 Å². The van der Waals surface area contributed by atoms with Gasteiger partial charge < -0.3 is 14.5 Å². The number of aryl methyl sites for hydroxylation is 2. The fourth-order valence-corrected chi connectivity index (χ4v) is 4.85. The van der Waals surface area contributed by atoms with Gasteiger partial charge in [-0.3, -0.25) is 9.59 Å². The highest BCUT2D eigenvalue weighted by Crippen LogP contribution is 2.27. The van der Waals surface area contributed by atoms with Gasteiger partial charge in [0.1, 0.15) is 18.1 Å². The number of hydrogen-bond donors (Lipinski definition) is 2. The molecule has 2 N–H and O–H groups in total. The Morgan fingerprint density at radius 2 is 1.75 bits per heavy atom. The molecule has 0 saturated heterocycles. The number of nitrogens with zero attached hydrogens (tertiary/aromatic N) is 1. The molecule has 2 aromatic carbocycles. The van der Waals surface area contributed by atoms with Crippen LogP contribution in [0.15, 0.2) is 64.1 Å². The first-order valence-corrected chi connectivity index (χ1v) is 12.6. The van der Waals surface area contributed by atoms with Gasteiger partial charge in [-0.1, -0.05) is 31.0 Å². The molecule has 1 aromatic heterocycles. The molecular formula is C29H31N3O4. The minimum atomic E-state index is -0.432. The molecule has 0 spiro atoms. The third-order valence-electron chi connectivity index (χ3n) is 6.96. The third kappa shape index (κ3) is 5.67. The van der Waals surface area contributed by atoms with Crippen molar-refractivity contribution in [3.63, 3.8) is 0 Å². The summed E-state index contributed by atoms with van der Waals surface area (Å²) >= 11 is 0. The third-order valence-corrected chi connectivity index (χ3v) is 6.96. The topological polar surface area (TPSA) is 92.9 Å². The number of fused-ring (bicyclic) bond motifs is 1. The summed E-state index contributed by atoms with van der Waals surface area (Å²) in [7, 11) is 0. The number of rotatable bonds is 8. The summed E-state index contributed by atoms with van der Waals surface area (Å²) in [5.74, 6) is 1.32. The van der Waals surface area contributed by atoms with Crippen molar-refractivity contribution < 1.29 is 18.7 Å². The van der Waals surface area contributed by atoms with E-state index in [0.29, 0.717) is 11.5 Å². The molecule has 186 valence electrons. The summed E-state index contributed by atoms with van der Waals surface area (Å²) in [6.45, 7) is 2.06. The molecule has 2 aliphatic rings. The van der Waals surface area contributed by atoms with Crippen LogP contribution in [0.25, 0.3) is 0 Å². The van der Waals surface area contributed by atoms with Gasteiger partial charge in [-0.2, -0.15) is 5.10 Å². The van der Waals surface area contributed by atoms with Crippen molar-refractivity contribution >= 4 is 23.2 Å². The van der Waals surface area contributed by atoms with Crippen molar-refractivity contribution in [1.82, 2.24) is 5.43 Å². The van der Waals surface area contributed by atoms with Gasteiger partial charge in [-0.05, 0) is 92.1 Å². The number of nitrogens with one attached hydrogen (secondary N) is 2. The Labute approximate surface area is 210 Å². The van der Waals surface area contributed by atoms with Crippen molar-refractivity contribution in [1.29, 1.82) is 0 Å². The minimum Gasteiger partial charge on any atom is -0.486 e. The van der Waals surface area contributed by atoms with Gasteiger partial charge >= 0.3 is 5.91 Å². The summed E-state index contributed by atoms with van der Waals surface area (Å²) in [5.41, 5.74) is 7.54. The van der Waals surface area contributed by atoms with Gasteiger partial charge in [-0.25, -0.2) is 5.43 Å². The lowest BCUT2D eigenvalue weighted by atomic mass is 10.1. The Morgan fingerprint density at radius 1 is 0.972 bits per heavy atom. The first kappa shape index (κ1) is 23.9. The summed E-state index contributed by atoms with van der Waals surface area (Å²) in [5, 5.41) is 7.18. The predicted molar refractivity (Wildman–Crippen MR) is 138 cm³/mol. The normalized spacial score (nSPS) is 15.5. The van der Waals surface area contributed by atoms with E-state index in [4.69, 9.17) is 9.15 Å². The van der Waals surface area contributed by atoms with E-state index in [9.17, 15) is 9.59 Å². The molecule has 36 heavy (non-hydrogen) atoms. The summed E-state index contributed by atoms with van der Waals surface area (Å²) < 4.78 is 11.5. The SMILES string of the molecule is C/C(=N\NC(=O)c1ccc(COc2ccc3c(c2)CCC3)o1)c1ccc(NC(=O)C2CCCC2)cc1. The molecule has 0 radical (unpaired) electrons. The van der Waals surface area contributed by atoms with Crippen molar-refractivity contribution in [2.75, 3.05) is 5.32 Å². The molecule has 2 aliphatic carbocycles. The minimum absolute atomic E-state index is 0.0911. The summed E-state index contributed by atoms with van der Waals surface area (Å²) in [4.78, 5) is 24.8. The average Bonchev–Trinajstić information content (AvgIpc) is 3.67. The Hall–Kier alpha value is -3.87. The highest BCUT2D eigenvalue weighted by molar-refractivity contribution is 6.01. The van der Waals surface area contributed by atoms with Gasteiger partial charge in [-0.15, -0.1) is 0 Å². The second-order valence-electron chi connectivity index (χ2n) is 9.52. The molecule has 3 aromatic rings. The van der Waals surface area contributed by atoms with Crippen LogP contribution in [0.4, 0.5) is 5.69 Å². The zero-order chi connectivity index (χ0) is 24.9. The number of amides is 2. The van der Waals surface area contributed by atoms with Gasteiger partial charge in [0.15, 0.2) is 5.76 Å². The monoisotopic (exact) mass is 485 g/mol. The first-order chi connectivity index (χ1) is 17.5. The number of ether oxygens (including phenoxy) is 1. The van der Waals surface area contributed by atoms with Gasteiger partial charge in [0.25, 0.3) is 0 Å². The maximum absolute atomic E-state index is 12.5. The van der Waals surface area contributed by atoms with E-state index in [-0.39, 0.29) is 24.2 Å². The fourth-order valence-electron chi connectivity index (χ4n) is 4.85. The fraction of sp³-hybridized carbons (Fsp3) is 0.345. The van der Waals surface area contributed by atoms with E-state index >= 15 is 0 Å². The lowest BCUT2D eigenvalue weighted by Crippen LogP contribution is -2.20. The van der Waals surface area contributed by atoms with Crippen LogP contribution >= 0.6 is 0 Å². The lowest BCUT2D eigenvalue weighted by molar-refractivity contribution is -0.119. The smallest absolute Gasteiger partial charge is 0.307 e. The predicted octanol–water partition coefficient (Wildman–Crippen LogP) is 5.63. The molecule has 7 nitrogen and oxygen atoms in total. The molecule has 1 heterocycles. The van der Waals surface area contributed by atoms with Crippen LogP contribution in [0.2, 0.25) is 0 Å². The van der Waals surface area contributed by atoms with Crippen LogP contribution in [0.3, 0.4) is 0 Å². The van der Waals surface area contributed by atoms with E-state index in [1.54, 1.807) is 12.1 Å². The molecule has 0 bridgehead atoms. The second-order valence-corrected chi connectivity index (χ2v) is 9.52. The van der Waals surface area contributed by atoms with Gasteiger partial charge in [0, 0.05) is 11.6 Å². The Balaban J connectivity index is 1.12. The standard InChI is InChI=1S/C29H31N3O4/c1-19(20-9-12-24(13-10-20)30-28(33)22-5-2-3-6-22)31-32-29(34)27-16-15-26(36-27)18-35-25-14-11-21-7-4-8-23(21)17-25/h9-17,22H,2-8,18H2,1H3,(H,30,33)(H,32,34)/b31-19+. The molecule has 1 fully saturated rings. The number of carbonyl (C=O) groups is 2. The maximum Gasteiger partial charge on any atom is 0.307 e. The highest BCUT2D eigenvalue weighted by atomic mass is 16.5. The zero-order valence-electron chi connectivity index (χ0n) is 20.5. The molecule has 2 amide bonds. The lowest BCUT2D eigenvalue weighted by Gasteiger charge is -2.10. The number of hydrogen-bond acceptors (Lipinski definition) is 5. The van der Waals surface area contributed by atoms with Crippen molar-refractivity contribution in [3.05, 3.63) is 82.8 Å². The summed E-state index contributed by atoms with van der Waals surface area (Å²) in [6.07, 6.45) is 7.61. The molecule has 0 unspecified atom stereocenters. The van der Waals surface area contributed by atoms with Crippen LogP contribution in [-0.2, 0) is 24.2 Å². The number of hydrazone groups is 1. The van der Waals surface area contributed by atoms with E-state index in [0.717, 1.165) is 55.5 Å². The van der Waals surface area contributed by atoms with E-state index in [1.165, 1.54) is 17.5 Å². The number of benzene rings is 2. The Bertz CT molecular complexity index is 1270. The van der Waals surface area contributed by atoms with Crippen molar-refractivity contribution in [3.8, 4) is 5.75 Å². The maximum atomic E-state index is 12.5. The quantitative estimate of drug-likeness (QED) is 0.319. The molecule has 0 atom stereocenters. The van der Waals surface area contributed by atoms with Crippen LogP contribution in [-0.4, -0.2) is 17.5 Å². The Morgan fingerprint density at radius 3 is 2.56 bits per heavy atom. The van der Waals surface area contributed by atoms with Gasteiger partial charge in [0.05, 0.1) is 5.71 Å². The highest BCUT2D eigenvalue weighted by Gasteiger charge is 2.22.